The molecule has 0 bridgehead atoms. The van der Waals surface area contributed by atoms with Crippen LogP contribution in [0.2, 0.25) is 0 Å². The summed E-state index contributed by atoms with van der Waals surface area (Å²) < 4.78 is 7.09. The van der Waals surface area contributed by atoms with Crippen molar-refractivity contribution in [3.8, 4) is 6.07 Å². The second-order valence-electron chi connectivity index (χ2n) is 6.25. The Morgan fingerprint density at radius 3 is 2.92 bits per heavy atom. The molecule has 5 nitrogen and oxygen atoms in total. The van der Waals surface area contributed by atoms with Crippen LogP contribution in [0.3, 0.4) is 0 Å². The zero-order valence-electron chi connectivity index (χ0n) is 14.3. The Hall–Kier alpha value is -3.05. The van der Waals surface area contributed by atoms with Crippen molar-refractivity contribution in [2.24, 2.45) is 7.05 Å². The highest BCUT2D eigenvalue weighted by atomic mass is 16.5. The summed E-state index contributed by atoms with van der Waals surface area (Å²) in [5, 5.41) is 10.9. The average Bonchev–Trinajstić information content (AvgIpc) is 2.98. The van der Waals surface area contributed by atoms with Gasteiger partial charge in [-0.25, -0.2) is 11.4 Å². The van der Waals surface area contributed by atoms with Gasteiger partial charge in [0.05, 0.1) is 18.9 Å². The number of para-hydroxylation sites is 1. The molecule has 2 atom stereocenters. The van der Waals surface area contributed by atoms with Gasteiger partial charge in [0.2, 0.25) is 0 Å². The molecule has 1 unspecified atom stereocenters. The molecule has 0 N–H and O–H groups in total. The lowest BCUT2D eigenvalue weighted by Crippen LogP contribution is -2.37. The lowest BCUT2D eigenvalue weighted by atomic mass is 9.72. The van der Waals surface area contributed by atoms with E-state index < -0.39 is 11.5 Å². The minimum Gasteiger partial charge on any atom is -0.463 e. The molecule has 1 aliphatic rings. The van der Waals surface area contributed by atoms with E-state index in [-0.39, 0.29) is 18.9 Å². The van der Waals surface area contributed by atoms with Crippen LogP contribution in [0.15, 0.2) is 42.0 Å². The number of carbonyl (C=O) groups is 1. The van der Waals surface area contributed by atoms with Crippen molar-refractivity contribution in [2.75, 3.05) is 6.61 Å². The number of allylic oxidation sites excluding steroid dienone is 1. The zero-order valence-corrected chi connectivity index (χ0v) is 14.3. The third-order valence-corrected chi connectivity index (χ3v) is 4.91. The van der Waals surface area contributed by atoms with Crippen LogP contribution in [0.1, 0.15) is 31.4 Å². The molecular weight excluding hydrogens is 314 g/mol. The predicted octanol–water partition coefficient (Wildman–Crippen LogP) is 3.73. The number of hydrogen-bond donors (Lipinski definition) is 0. The molecule has 1 aromatic heterocycles. The highest BCUT2D eigenvalue weighted by molar-refractivity contribution is 5.89. The molecule has 25 heavy (non-hydrogen) atoms. The molecule has 0 saturated carbocycles. The van der Waals surface area contributed by atoms with E-state index in [4.69, 9.17) is 11.3 Å². The van der Waals surface area contributed by atoms with Crippen LogP contribution < -0.4 is 0 Å². The van der Waals surface area contributed by atoms with Crippen LogP contribution in [0, 0.1) is 17.9 Å². The molecule has 1 aliphatic carbocycles. The second kappa shape index (κ2) is 6.45. The van der Waals surface area contributed by atoms with Gasteiger partial charge in [-0.1, -0.05) is 24.3 Å². The van der Waals surface area contributed by atoms with E-state index >= 15 is 0 Å². The van der Waals surface area contributed by atoms with E-state index in [2.05, 4.69) is 10.9 Å². The number of rotatable bonds is 3. The average molecular weight is 333 g/mol. The van der Waals surface area contributed by atoms with E-state index in [1.807, 2.05) is 48.0 Å². The van der Waals surface area contributed by atoms with Gasteiger partial charge in [0.1, 0.15) is 0 Å². The molecule has 0 aliphatic heterocycles. The minimum absolute atomic E-state index is 0.0953. The maximum atomic E-state index is 12.1. The lowest BCUT2D eigenvalue weighted by molar-refractivity contribution is -0.138. The molecule has 5 heteroatoms. The van der Waals surface area contributed by atoms with Gasteiger partial charge < -0.3 is 9.30 Å². The number of esters is 1. The molecule has 0 saturated heterocycles. The summed E-state index contributed by atoms with van der Waals surface area (Å²) in [5.41, 5.74) is 1.14. The van der Waals surface area contributed by atoms with E-state index in [0.29, 0.717) is 12.0 Å². The molecule has 0 spiro atoms. The van der Waals surface area contributed by atoms with Gasteiger partial charge in [-0.3, -0.25) is 4.85 Å². The first-order chi connectivity index (χ1) is 12.1. The normalized spacial score (nSPS) is 22.7. The fourth-order valence-electron chi connectivity index (χ4n) is 3.59. The number of nitrogens with zero attached hydrogens (tertiary/aromatic N) is 3. The number of aromatic nitrogens is 1. The molecule has 1 aromatic carbocycles. The largest absolute Gasteiger partial charge is 0.463 e. The molecule has 0 amide bonds. The van der Waals surface area contributed by atoms with Crippen molar-refractivity contribution in [2.45, 2.75) is 31.2 Å². The van der Waals surface area contributed by atoms with Crippen molar-refractivity contribution < 1.29 is 9.53 Å². The van der Waals surface area contributed by atoms with E-state index in [1.165, 1.54) is 0 Å². The van der Waals surface area contributed by atoms with E-state index in [1.54, 1.807) is 6.92 Å². The van der Waals surface area contributed by atoms with Crippen LogP contribution >= 0.6 is 0 Å². The second-order valence-corrected chi connectivity index (χ2v) is 6.25. The number of aryl methyl sites for hydroxylation is 1. The number of hydrogen-bond acceptors (Lipinski definition) is 3. The van der Waals surface area contributed by atoms with Crippen LogP contribution in [0.4, 0.5) is 0 Å². The standard InChI is InChI=1S/C20H19N3O2/c1-4-25-19(24)15-9-10-16(20(12-15,13-21)22-2)18-11-14-7-5-6-8-17(14)23(18)3/h5-9,11,16H,4,10,12H2,1,3H3/t16-,20?/m0/s1. The van der Waals surface area contributed by atoms with Crippen LogP contribution in [0.5, 0.6) is 0 Å². The molecule has 126 valence electrons. The van der Waals surface area contributed by atoms with Gasteiger partial charge in [-0.05, 0) is 30.9 Å². The molecule has 3 rings (SSSR count). The fourth-order valence-corrected chi connectivity index (χ4v) is 3.59. The predicted molar refractivity (Wildman–Crippen MR) is 94.6 cm³/mol. The minimum atomic E-state index is -1.29. The molecule has 0 fully saturated rings. The summed E-state index contributed by atoms with van der Waals surface area (Å²) >= 11 is 0. The summed E-state index contributed by atoms with van der Waals surface area (Å²) in [7, 11) is 1.95. The van der Waals surface area contributed by atoms with Gasteiger partial charge >= 0.3 is 11.5 Å². The third-order valence-electron chi connectivity index (χ3n) is 4.91. The molecular formula is C20H19N3O2. The first kappa shape index (κ1) is 16.8. The highest BCUT2D eigenvalue weighted by Crippen LogP contribution is 2.44. The lowest BCUT2D eigenvalue weighted by Gasteiger charge is -2.29. The van der Waals surface area contributed by atoms with Gasteiger partial charge in [0, 0.05) is 23.8 Å². The number of ether oxygens (including phenoxy) is 1. The first-order valence-corrected chi connectivity index (χ1v) is 8.26. The van der Waals surface area contributed by atoms with Gasteiger partial charge in [0.25, 0.3) is 0 Å². The SMILES string of the molecule is [C-]#[N+]C1(C#N)CC(C(=O)OCC)=CC[C@H]1c1cc2ccccc2n1C. The number of nitriles is 1. The van der Waals surface area contributed by atoms with Gasteiger partial charge in [0.15, 0.2) is 6.07 Å². The van der Waals surface area contributed by atoms with Crippen molar-refractivity contribution in [1.29, 1.82) is 5.26 Å². The third kappa shape index (κ3) is 2.68. The molecule has 0 radical (unpaired) electrons. The zero-order chi connectivity index (χ0) is 18.0. The monoisotopic (exact) mass is 333 g/mol. The van der Waals surface area contributed by atoms with Crippen molar-refractivity contribution in [3.05, 3.63) is 59.1 Å². The summed E-state index contributed by atoms with van der Waals surface area (Å²) in [6, 6.07) is 12.2. The Morgan fingerprint density at radius 1 is 1.52 bits per heavy atom. The Balaban J connectivity index is 2.08. The van der Waals surface area contributed by atoms with Crippen molar-refractivity contribution >= 4 is 16.9 Å². The van der Waals surface area contributed by atoms with Crippen molar-refractivity contribution in [3.63, 3.8) is 0 Å². The Bertz CT molecular complexity index is 926. The first-order valence-electron chi connectivity index (χ1n) is 8.26. The Labute approximate surface area is 146 Å². The summed E-state index contributed by atoms with van der Waals surface area (Å²) in [6.45, 7) is 9.70. The van der Waals surface area contributed by atoms with E-state index in [9.17, 15) is 10.1 Å². The fraction of sp³-hybridized carbons (Fsp3) is 0.350. The Kier molecular flexibility index (Phi) is 4.33. The molecule has 1 heterocycles. The van der Waals surface area contributed by atoms with Crippen LogP contribution in [-0.4, -0.2) is 22.7 Å². The summed E-state index contributed by atoms with van der Waals surface area (Å²) in [6.07, 6.45) is 2.38. The molecule has 2 aromatic rings. The summed E-state index contributed by atoms with van der Waals surface area (Å²) in [5.74, 6) is -0.716. The smallest absolute Gasteiger partial charge is 0.334 e. The quantitative estimate of drug-likeness (QED) is 0.635. The van der Waals surface area contributed by atoms with Gasteiger partial charge in [-0.15, -0.1) is 0 Å². The number of benzene rings is 1. The maximum absolute atomic E-state index is 12.1. The topological polar surface area (TPSA) is 59.4 Å². The van der Waals surface area contributed by atoms with Crippen molar-refractivity contribution in [1.82, 2.24) is 4.57 Å². The number of carbonyl (C=O) groups excluding carboxylic acids is 1. The number of fused-ring (bicyclic) bond motifs is 1. The summed E-state index contributed by atoms with van der Waals surface area (Å²) in [4.78, 5) is 15.7. The highest BCUT2D eigenvalue weighted by Gasteiger charge is 2.51. The maximum Gasteiger partial charge on any atom is 0.334 e. The van der Waals surface area contributed by atoms with E-state index in [0.717, 1.165) is 16.6 Å². The Morgan fingerprint density at radius 2 is 2.28 bits per heavy atom. The van der Waals surface area contributed by atoms with Crippen LogP contribution in [0.25, 0.3) is 15.7 Å². The van der Waals surface area contributed by atoms with Crippen LogP contribution in [-0.2, 0) is 16.6 Å². The van der Waals surface area contributed by atoms with Gasteiger partial charge in [-0.2, -0.15) is 5.26 Å².